The second kappa shape index (κ2) is 3.32. The van der Waals surface area contributed by atoms with Crippen LogP contribution in [0.4, 0.5) is 0 Å². The second-order valence-corrected chi connectivity index (χ2v) is 2.95. The topological polar surface area (TPSA) is 85.8 Å². The Labute approximate surface area is 103 Å². The molecule has 5 nitrogen and oxygen atoms in total. The summed E-state index contributed by atoms with van der Waals surface area (Å²) in [5.74, 6) is 0. The van der Waals surface area contributed by atoms with Gasteiger partial charge in [0.1, 0.15) is 0 Å². The summed E-state index contributed by atoms with van der Waals surface area (Å²) in [6, 6.07) is 0. The molecule has 0 saturated carbocycles. The first kappa shape index (κ1) is 13.2. The Kier molecular flexibility index (Phi) is 5.47. The van der Waals surface area contributed by atoms with Crippen molar-refractivity contribution in [1.82, 2.24) is 0 Å². The van der Waals surface area contributed by atoms with Crippen LogP contribution in [0.25, 0.3) is 0 Å². The van der Waals surface area contributed by atoms with Crippen LogP contribution in [0.3, 0.4) is 0 Å². The van der Waals surface area contributed by atoms with Crippen molar-refractivity contribution in [3.63, 3.8) is 0 Å². The predicted octanol–water partition coefficient (Wildman–Crippen LogP) is -1.60. The molecule has 0 aromatic rings. The van der Waals surface area contributed by atoms with Gasteiger partial charge in [0.15, 0.2) is 0 Å². The van der Waals surface area contributed by atoms with E-state index < -0.39 is 7.74 Å². The van der Waals surface area contributed by atoms with Gasteiger partial charge in [0.05, 0.1) is 0 Å². The molecule has 0 atom stereocenters. The minimum atomic E-state index is -4.80. The molecule has 8 heavy (non-hydrogen) atoms. The van der Waals surface area contributed by atoms with Crippen molar-refractivity contribution in [3.05, 3.63) is 0 Å². The fourth-order valence-corrected chi connectivity index (χ4v) is 0.402. The van der Waals surface area contributed by atoms with Gasteiger partial charge in [-0.15, -0.1) is 0 Å². The van der Waals surface area contributed by atoms with E-state index in [-0.39, 0.29) is 73.1 Å². The molecule has 1 fully saturated rings. The van der Waals surface area contributed by atoms with Gasteiger partial charge in [0.2, 0.25) is 0 Å². The van der Waals surface area contributed by atoms with Crippen LogP contribution in [0, 0.1) is 0 Å². The van der Waals surface area contributed by atoms with Gasteiger partial charge in [0.25, 0.3) is 0 Å². The van der Waals surface area contributed by atoms with Crippen LogP contribution < -0.4 is 0 Å². The zero-order valence-corrected chi connectivity index (χ0v) is 5.56. The summed E-state index contributed by atoms with van der Waals surface area (Å²) in [7, 11) is -4.80. The van der Waals surface area contributed by atoms with E-state index in [1.165, 1.54) is 0 Å². The molecular formula is H4KO5PTi. The Bertz CT molecular complexity index is 76.2. The molecule has 1 saturated heterocycles. The first-order chi connectivity index (χ1) is 2.47. The van der Waals surface area contributed by atoms with Crippen LogP contribution in [0.5, 0.6) is 0 Å². The SMILES string of the molecule is OP1(O)(O)OO1.[KH].[Ti]. The Hall–Kier alpha value is 2.58. The maximum Gasteiger partial charge on any atom is 0 e. The van der Waals surface area contributed by atoms with Gasteiger partial charge in [-0.25, -0.2) is 0 Å². The molecule has 1 rings (SSSR count). The van der Waals surface area contributed by atoms with Gasteiger partial charge in [-0.1, -0.05) is 0 Å². The largest absolute Gasteiger partial charge is 0 e. The zero-order chi connectivity index (χ0) is 4.86. The van der Waals surface area contributed by atoms with Crippen molar-refractivity contribution in [2.24, 2.45) is 0 Å². The summed E-state index contributed by atoms with van der Waals surface area (Å²) in [6.45, 7) is 0. The van der Waals surface area contributed by atoms with Gasteiger partial charge in [0, 0.05) is 21.7 Å². The van der Waals surface area contributed by atoms with E-state index in [4.69, 9.17) is 14.7 Å². The normalized spacial score (nSPS) is 32.1. The molecule has 0 aromatic carbocycles. The second-order valence-electron chi connectivity index (χ2n) is 0.982. The average Bonchev–Trinajstić information content (AvgIpc) is 1.73. The first-order valence-electron chi connectivity index (χ1n) is 1.13. The van der Waals surface area contributed by atoms with E-state index >= 15 is 0 Å². The number of hydrogen-bond donors (Lipinski definition) is 3. The van der Waals surface area contributed by atoms with Crippen molar-refractivity contribution in [2.45, 2.75) is 0 Å². The van der Waals surface area contributed by atoms with E-state index in [0.29, 0.717) is 0 Å². The molecule has 0 radical (unpaired) electrons. The molecule has 1 aliphatic rings. The number of rotatable bonds is 0. The van der Waals surface area contributed by atoms with Crippen molar-refractivity contribution >= 4 is 59.1 Å². The van der Waals surface area contributed by atoms with Crippen molar-refractivity contribution < 1.29 is 45.7 Å². The zero-order valence-electron chi connectivity index (χ0n) is 3.11. The molecule has 0 amide bonds. The number of hydrogen-bond acceptors (Lipinski definition) is 5. The molecule has 0 unspecified atom stereocenters. The third-order valence-corrected chi connectivity index (χ3v) is 0.824. The van der Waals surface area contributed by atoms with Gasteiger partial charge >= 0.3 is 83.2 Å². The van der Waals surface area contributed by atoms with E-state index in [1.807, 2.05) is 0 Å². The molecule has 0 bridgehead atoms. The molecule has 1 aliphatic heterocycles. The van der Waals surface area contributed by atoms with E-state index in [0.717, 1.165) is 0 Å². The smallest absolute Gasteiger partial charge is 0 e. The molecule has 0 spiro atoms. The minimum absolute atomic E-state index is 0. The van der Waals surface area contributed by atoms with Crippen LogP contribution in [0.15, 0.2) is 0 Å². The molecule has 0 aromatic heterocycles. The monoisotopic (exact) mass is 202 g/mol. The first-order valence-corrected chi connectivity index (χ1v) is 3.06. The van der Waals surface area contributed by atoms with Gasteiger partial charge in [-0.05, 0) is 0 Å². The standard InChI is InChI=1S/K.H3O5P.Ti.H/c;1-6(2,3)4-5-6;;/h;1-3H;;. The quantitative estimate of drug-likeness (QED) is 0.190. The summed E-state index contributed by atoms with van der Waals surface area (Å²) < 4.78 is 6.76. The summed E-state index contributed by atoms with van der Waals surface area (Å²) in [6.07, 6.45) is 0. The third kappa shape index (κ3) is 5.37. The van der Waals surface area contributed by atoms with Crippen LogP contribution in [-0.2, 0) is 31.1 Å². The maximum absolute atomic E-state index is 7.89. The Morgan fingerprint density at radius 1 is 1.00 bits per heavy atom. The van der Waals surface area contributed by atoms with Crippen molar-refractivity contribution in [2.75, 3.05) is 0 Å². The Balaban J connectivity index is 0. The molecule has 8 heteroatoms. The Morgan fingerprint density at radius 3 is 1.12 bits per heavy atom. The van der Waals surface area contributed by atoms with E-state index in [1.54, 1.807) is 0 Å². The van der Waals surface area contributed by atoms with Crippen molar-refractivity contribution in [3.8, 4) is 0 Å². The summed E-state index contributed by atoms with van der Waals surface area (Å²) in [5.41, 5.74) is 0. The average molecular weight is 202 g/mol. The predicted molar refractivity (Wildman–Crippen MR) is 22.9 cm³/mol. The molecule has 0 aliphatic carbocycles. The molecule has 3 N–H and O–H groups in total. The van der Waals surface area contributed by atoms with Crippen LogP contribution >= 0.6 is 7.74 Å². The van der Waals surface area contributed by atoms with Gasteiger partial charge in [-0.3, -0.25) is 0 Å². The van der Waals surface area contributed by atoms with Crippen LogP contribution in [-0.4, -0.2) is 66.1 Å². The summed E-state index contributed by atoms with van der Waals surface area (Å²) in [5, 5.41) is 0. The summed E-state index contributed by atoms with van der Waals surface area (Å²) >= 11 is 0. The van der Waals surface area contributed by atoms with E-state index in [9.17, 15) is 0 Å². The van der Waals surface area contributed by atoms with E-state index in [2.05, 4.69) is 9.35 Å². The van der Waals surface area contributed by atoms with Gasteiger partial charge < -0.3 is 0 Å². The molecule has 1 heterocycles. The fourth-order valence-electron chi connectivity index (χ4n) is 0.0447. The van der Waals surface area contributed by atoms with Crippen LogP contribution in [0.1, 0.15) is 0 Å². The molecular weight excluding hydrogens is 198 g/mol. The minimum Gasteiger partial charge on any atom is 0 e. The van der Waals surface area contributed by atoms with Crippen molar-refractivity contribution in [1.29, 1.82) is 0 Å². The fraction of sp³-hybridized carbons (Fsp3) is 0. The summed E-state index contributed by atoms with van der Waals surface area (Å²) in [4.78, 5) is 23.7. The molecule has 44 valence electrons. The van der Waals surface area contributed by atoms with Gasteiger partial charge in [-0.2, -0.15) is 0 Å². The maximum atomic E-state index is 7.89. The Morgan fingerprint density at radius 2 is 1.12 bits per heavy atom. The third-order valence-electron chi connectivity index (χ3n) is 0.275. The van der Waals surface area contributed by atoms with Crippen LogP contribution in [0.2, 0.25) is 0 Å².